The molecule has 0 spiro atoms. The van der Waals surface area contributed by atoms with Gasteiger partial charge in [0.2, 0.25) is 0 Å². The molecule has 0 bridgehead atoms. The van der Waals surface area contributed by atoms with Crippen LogP contribution in [-0.4, -0.2) is 33.1 Å². The minimum atomic E-state index is -1.43. The zero-order valence-corrected chi connectivity index (χ0v) is 8.22. The van der Waals surface area contributed by atoms with E-state index in [-0.39, 0.29) is 23.6 Å². The molecule has 2 unspecified atom stereocenters. The summed E-state index contributed by atoms with van der Waals surface area (Å²) < 4.78 is 0. The summed E-state index contributed by atoms with van der Waals surface area (Å²) in [6, 6.07) is 3.55. The van der Waals surface area contributed by atoms with Crippen molar-refractivity contribution >= 4 is 0 Å². The van der Waals surface area contributed by atoms with E-state index < -0.39 is 12.2 Å². The van der Waals surface area contributed by atoms with Gasteiger partial charge < -0.3 is 20.4 Å². The Balaban J connectivity index is 2.90. The molecule has 1 rings (SSSR count). The quantitative estimate of drug-likeness (QED) is 0.261. The van der Waals surface area contributed by atoms with E-state index in [1.807, 2.05) is 0 Å². The maximum Gasteiger partial charge on any atom is 0.121 e. The summed E-state index contributed by atoms with van der Waals surface area (Å²) >= 11 is 0. The summed E-state index contributed by atoms with van der Waals surface area (Å²) in [7, 11) is 0. The highest BCUT2D eigenvalue weighted by Gasteiger charge is 2.21. The molecule has 0 aliphatic carbocycles. The predicted molar refractivity (Wildman–Crippen MR) is 54.8 cm³/mol. The van der Waals surface area contributed by atoms with Gasteiger partial charge >= 0.3 is 0 Å². The van der Waals surface area contributed by atoms with Gasteiger partial charge in [-0.2, -0.15) is 0 Å². The zero-order valence-electron chi connectivity index (χ0n) is 8.22. The third kappa shape index (κ3) is 2.77. The third-order valence-electron chi connectivity index (χ3n) is 2.03. The van der Waals surface area contributed by atoms with Crippen LogP contribution in [0, 0.1) is 0 Å². The Kier molecular flexibility index (Phi) is 3.96. The molecule has 86 valence electrons. The largest absolute Gasteiger partial charge is 0.508 e. The van der Waals surface area contributed by atoms with Gasteiger partial charge in [-0.1, -0.05) is 5.11 Å². The highest BCUT2D eigenvalue weighted by molar-refractivity contribution is 5.40. The highest BCUT2D eigenvalue weighted by atomic mass is 16.3. The second-order valence-electron chi connectivity index (χ2n) is 3.17. The Morgan fingerprint density at radius 1 is 1.31 bits per heavy atom. The van der Waals surface area contributed by atoms with Gasteiger partial charge in [-0.15, -0.1) is 0 Å². The predicted octanol–water partition coefficient (Wildman–Crippen LogP) is 0.802. The molecule has 2 atom stereocenters. The fourth-order valence-corrected chi connectivity index (χ4v) is 1.21. The molecule has 0 amide bonds. The molecule has 0 saturated carbocycles. The Bertz CT molecular complexity index is 417. The first-order valence-electron chi connectivity index (χ1n) is 4.45. The molecule has 7 nitrogen and oxygen atoms in total. The number of hydrogen-bond acceptors (Lipinski definition) is 5. The van der Waals surface area contributed by atoms with Crippen LogP contribution in [0.15, 0.2) is 23.3 Å². The second kappa shape index (κ2) is 5.22. The van der Waals surface area contributed by atoms with E-state index >= 15 is 0 Å². The SMILES string of the molecule is [N-]=[N+]=NCC(O)C(O)c1cc(O)ccc1O. The van der Waals surface area contributed by atoms with Crippen LogP contribution in [0.3, 0.4) is 0 Å². The summed E-state index contributed by atoms with van der Waals surface area (Å²) in [4.78, 5) is 2.43. The summed E-state index contributed by atoms with van der Waals surface area (Å²) in [5.41, 5.74) is 8.02. The minimum Gasteiger partial charge on any atom is -0.508 e. The van der Waals surface area contributed by atoms with E-state index in [4.69, 9.17) is 10.6 Å². The summed E-state index contributed by atoms with van der Waals surface area (Å²) in [5.74, 6) is -0.409. The summed E-state index contributed by atoms with van der Waals surface area (Å²) in [6.07, 6.45) is -2.78. The van der Waals surface area contributed by atoms with Gasteiger partial charge in [0.1, 0.15) is 17.6 Å². The molecule has 0 heterocycles. The first-order valence-corrected chi connectivity index (χ1v) is 4.45. The number of hydrogen-bond donors (Lipinski definition) is 4. The lowest BCUT2D eigenvalue weighted by molar-refractivity contribution is 0.0229. The van der Waals surface area contributed by atoms with E-state index in [0.29, 0.717) is 0 Å². The lowest BCUT2D eigenvalue weighted by atomic mass is 10.0. The lowest BCUT2D eigenvalue weighted by Crippen LogP contribution is -2.21. The van der Waals surface area contributed by atoms with Gasteiger partial charge in [0.15, 0.2) is 0 Å². The Morgan fingerprint density at radius 2 is 2.00 bits per heavy atom. The van der Waals surface area contributed by atoms with Gasteiger partial charge in [0.25, 0.3) is 0 Å². The van der Waals surface area contributed by atoms with Crippen molar-refractivity contribution in [3.63, 3.8) is 0 Å². The number of azide groups is 1. The van der Waals surface area contributed by atoms with Crippen LogP contribution in [0.2, 0.25) is 0 Å². The molecule has 0 aliphatic rings. The number of aliphatic hydroxyl groups excluding tert-OH is 2. The Labute approximate surface area is 90.8 Å². The van der Waals surface area contributed by atoms with Crippen molar-refractivity contribution in [2.45, 2.75) is 12.2 Å². The minimum absolute atomic E-state index is 0.0272. The highest BCUT2D eigenvalue weighted by Crippen LogP contribution is 2.29. The zero-order chi connectivity index (χ0) is 12.1. The molecule has 16 heavy (non-hydrogen) atoms. The summed E-state index contributed by atoms with van der Waals surface area (Å²) in [5, 5.41) is 40.7. The van der Waals surface area contributed by atoms with Crippen molar-refractivity contribution in [3.05, 3.63) is 34.2 Å². The van der Waals surface area contributed by atoms with Crippen molar-refractivity contribution < 1.29 is 20.4 Å². The van der Waals surface area contributed by atoms with Crippen LogP contribution in [-0.2, 0) is 0 Å². The Hall–Kier alpha value is -1.95. The fourth-order valence-electron chi connectivity index (χ4n) is 1.21. The van der Waals surface area contributed by atoms with Crippen molar-refractivity contribution in [3.8, 4) is 11.5 Å². The fraction of sp³-hybridized carbons (Fsp3) is 0.333. The van der Waals surface area contributed by atoms with Crippen molar-refractivity contribution in [1.82, 2.24) is 0 Å². The molecule has 0 aromatic heterocycles. The molecule has 4 N–H and O–H groups in total. The van der Waals surface area contributed by atoms with E-state index in [2.05, 4.69) is 10.0 Å². The number of aromatic hydroxyl groups is 2. The monoisotopic (exact) mass is 225 g/mol. The normalized spacial score (nSPS) is 13.9. The van der Waals surface area contributed by atoms with Gasteiger partial charge in [0.05, 0.1) is 12.6 Å². The maximum absolute atomic E-state index is 9.62. The van der Waals surface area contributed by atoms with E-state index in [1.165, 1.54) is 12.1 Å². The van der Waals surface area contributed by atoms with Gasteiger partial charge in [-0.3, -0.25) is 0 Å². The molecular formula is C9H11N3O4. The number of nitrogens with zero attached hydrogens (tertiary/aromatic N) is 3. The van der Waals surface area contributed by atoms with Gasteiger partial charge in [0, 0.05) is 10.5 Å². The van der Waals surface area contributed by atoms with Crippen molar-refractivity contribution in [2.24, 2.45) is 5.11 Å². The third-order valence-corrected chi connectivity index (χ3v) is 2.03. The number of phenols is 2. The Morgan fingerprint density at radius 3 is 2.62 bits per heavy atom. The van der Waals surface area contributed by atoms with Crippen LogP contribution in [0.4, 0.5) is 0 Å². The standard InChI is InChI=1S/C9H11N3O4/c10-12-11-4-8(15)9(16)6-3-5(13)1-2-7(6)14/h1-3,8-9,13-16H,4H2. The van der Waals surface area contributed by atoms with Crippen LogP contribution >= 0.6 is 0 Å². The molecule has 0 fully saturated rings. The molecule has 0 radical (unpaired) electrons. The maximum atomic E-state index is 9.62. The van der Waals surface area contributed by atoms with Crippen molar-refractivity contribution in [1.29, 1.82) is 0 Å². The first-order chi connectivity index (χ1) is 7.56. The van der Waals surface area contributed by atoms with Crippen LogP contribution < -0.4 is 0 Å². The molecule has 1 aromatic rings. The number of benzene rings is 1. The second-order valence-corrected chi connectivity index (χ2v) is 3.17. The molecule has 0 aliphatic heterocycles. The van der Waals surface area contributed by atoms with Gasteiger partial charge in [-0.05, 0) is 23.7 Å². The molecule has 1 aromatic carbocycles. The summed E-state index contributed by atoms with van der Waals surface area (Å²) in [6.45, 7) is -0.327. The van der Waals surface area contributed by atoms with Gasteiger partial charge in [-0.25, -0.2) is 0 Å². The smallest absolute Gasteiger partial charge is 0.121 e. The topological polar surface area (TPSA) is 130 Å². The van der Waals surface area contributed by atoms with Crippen LogP contribution in [0.25, 0.3) is 10.4 Å². The average molecular weight is 225 g/mol. The first kappa shape index (κ1) is 12.1. The van der Waals surface area contributed by atoms with E-state index in [9.17, 15) is 15.3 Å². The molecule has 0 saturated heterocycles. The lowest BCUT2D eigenvalue weighted by Gasteiger charge is -2.17. The number of phenolic OH excluding ortho intramolecular Hbond substituents is 2. The van der Waals surface area contributed by atoms with Crippen molar-refractivity contribution in [2.75, 3.05) is 6.54 Å². The van der Waals surface area contributed by atoms with E-state index in [0.717, 1.165) is 6.07 Å². The van der Waals surface area contributed by atoms with Crippen LogP contribution in [0.5, 0.6) is 11.5 Å². The number of aliphatic hydroxyl groups is 2. The number of rotatable bonds is 4. The molecule has 7 heteroatoms. The van der Waals surface area contributed by atoms with E-state index in [1.54, 1.807) is 0 Å². The average Bonchev–Trinajstić information content (AvgIpc) is 2.28. The van der Waals surface area contributed by atoms with Crippen LogP contribution in [0.1, 0.15) is 11.7 Å². The molecular weight excluding hydrogens is 214 g/mol.